The molecule has 147 heavy (non-hydrogen) atoms. The van der Waals surface area contributed by atoms with Crippen LogP contribution in [0.1, 0.15) is 123 Å². The molecule has 1 saturated carbocycles. The predicted octanol–water partition coefficient (Wildman–Crippen LogP) is 26.8. The van der Waals surface area contributed by atoms with Gasteiger partial charge in [0.25, 0.3) is 29.5 Å². The van der Waals surface area contributed by atoms with Crippen molar-refractivity contribution in [2.75, 3.05) is 33.1 Å². The molecule has 0 atom stereocenters. The number of amides is 5. The highest BCUT2D eigenvalue weighted by molar-refractivity contribution is 6.00. The number of carbonyl (C=O) groups is 5. The Morgan fingerprint density at radius 3 is 0.966 bits per heavy atom. The van der Waals surface area contributed by atoms with Gasteiger partial charge >= 0.3 is 0 Å². The molecule has 8 heterocycles. The molecule has 0 bridgehead atoms. The number of pyridine rings is 7. The summed E-state index contributed by atoms with van der Waals surface area (Å²) in [6.07, 6.45) is 22.0. The van der Waals surface area contributed by atoms with Gasteiger partial charge in [0.2, 0.25) is 0 Å². The summed E-state index contributed by atoms with van der Waals surface area (Å²) >= 11 is 0. The summed E-state index contributed by atoms with van der Waals surface area (Å²) in [5.74, 6) is 4.71. The van der Waals surface area contributed by atoms with Crippen molar-refractivity contribution >= 4 is 87.1 Å². The van der Waals surface area contributed by atoms with Crippen LogP contribution in [0.15, 0.2) is 449 Å². The number of aromatic nitrogens is 7. The van der Waals surface area contributed by atoms with Crippen LogP contribution in [0.2, 0.25) is 0 Å². The van der Waals surface area contributed by atoms with Gasteiger partial charge in [-0.05, 0) is 317 Å². The van der Waals surface area contributed by atoms with Crippen LogP contribution in [0.4, 0.5) is 57.5 Å². The summed E-state index contributed by atoms with van der Waals surface area (Å²) in [7, 11) is 0. The molecule has 8 aromatic heterocycles. The van der Waals surface area contributed by atoms with Crippen LogP contribution in [0.25, 0.3) is 55.6 Å². The topological polar surface area (TPSA) is 309 Å². The van der Waals surface area contributed by atoms with Crippen molar-refractivity contribution in [1.82, 2.24) is 61.5 Å². The average molecular weight is 1940 g/mol. The Labute approximate surface area is 856 Å². The lowest BCUT2D eigenvalue weighted by Crippen LogP contribution is -2.30. The van der Waals surface area contributed by atoms with Crippen molar-refractivity contribution in [3.63, 3.8) is 0 Å². The molecule has 0 unspecified atom stereocenters. The quantitative estimate of drug-likeness (QED) is 0.0200. The van der Waals surface area contributed by atoms with Crippen molar-refractivity contribution in [2.45, 2.75) is 79.1 Å². The smallest absolute Gasteiger partial charge is 0.251 e. The van der Waals surface area contributed by atoms with Crippen LogP contribution in [0.3, 0.4) is 0 Å². The Balaban J connectivity index is 0.000000131. The third-order valence-electron chi connectivity index (χ3n) is 24.3. The van der Waals surface area contributed by atoms with Gasteiger partial charge in [0.05, 0.1) is 25.0 Å². The number of anilines is 10. The summed E-state index contributed by atoms with van der Waals surface area (Å²) in [6.45, 7) is 8.31. The standard InChI is InChI=1S/C26H23N3O.2C25H22N4O.C25H27N3O.C23H19N3O2/c1-19-12-13-21(16-24(19)26(30)28-18-20-8-4-2-5-9-20)22-14-15-27-25(17-22)29-23-10-6-3-7-11-23;1-18-9-10-20(14-23(18)25(30)28-17-19-6-5-12-26-16-19)21-11-13-27-24(15-21)29-22-7-3-2-4-8-22;1-18-10-11-19(15-23(18)25(30)28-17-22-9-5-6-13-26-22)20-12-14-27-24(16-20)29-21-7-3-2-4-8-21;29-25(27-18-19-8-3-1-4-9-19)22-11-7-10-20(16-22)21-14-15-26-24(17-21)28-23-12-5-2-6-13-23;27-23(25-16-21-10-5-13-28-21)19-7-4-6-17(14-19)18-11-12-24-22(15-18)26-20-8-2-1-3-9-20/h2-17H,18H2,1H3,(H,27,29)(H,28,30);2*2-16H,17H2,1H3,(H,27,29)(H,28,30);2,5-7,10-17,19H,1,3-4,8-9,18H2,(H,26,28)(H,27,29);1-15H,16H2,(H,24,26)(H,25,27). The number of para-hydroxylation sites is 5. The first kappa shape index (κ1) is 101. The molecule has 0 radical (unpaired) electrons. The monoisotopic (exact) mass is 1940 g/mol. The summed E-state index contributed by atoms with van der Waals surface area (Å²) in [5, 5.41) is 31.5. The number of furan rings is 1. The number of benzene rings is 11. The Morgan fingerprint density at radius 2 is 0.605 bits per heavy atom. The van der Waals surface area contributed by atoms with Gasteiger partial charge in [-0.15, -0.1) is 0 Å². The molecule has 23 nitrogen and oxygen atoms in total. The molecule has 1 aliphatic rings. The molecule has 1 aliphatic carbocycles. The second kappa shape index (κ2) is 52.6. The first-order chi connectivity index (χ1) is 72.1. The fourth-order valence-corrected chi connectivity index (χ4v) is 16.4. The van der Waals surface area contributed by atoms with E-state index in [0.29, 0.717) is 59.9 Å². The first-order valence-corrected chi connectivity index (χ1v) is 48.8. The van der Waals surface area contributed by atoms with Crippen LogP contribution < -0.4 is 53.2 Å². The van der Waals surface area contributed by atoms with E-state index in [1.54, 1.807) is 68.0 Å². The normalized spacial score (nSPS) is 11.2. The SMILES string of the molecule is Cc1ccc(-c2ccnc(Nc3ccccc3)c2)cc1C(=O)NCc1ccccc1.Cc1ccc(-c2ccnc(Nc3ccccc3)c2)cc1C(=O)NCc1ccccn1.Cc1ccc(-c2ccnc(Nc3ccccc3)c2)cc1C(=O)NCc1cccnc1.O=C(NCC1CCCCC1)c1cccc(-c2ccnc(Nc3ccccc3)c2)c1.O=C(NCc1ccco1)c1cccc(-c2ccnc(Nc3ccccc3)c2)c1. The first-order valence-electron chi connectivity index (χ1n) is 48.8. The molecule has 0 aliphatic heterocycles. The molecule has 11 aromatic carbocycles. The fraction of sp³-hybridized carbons (Fsp3) is 0.113. The van der Waals surface area contributed by atoms with Gasteiger partial charge < -0.3 is 57.6 Å². The van der Waals surface area contributed by atoms with Gasteiger partial charge in [-0.25, -0.2) is 24.9 Å². The Hall–Kier alpha value is -18.9. The van der Waals surface area contributed by atoms with Gasteiger partial charge in [0, 0.05) is 125 Å². The lowest BCUT2D eigenvalue weighted by Gasteiger charge is -2.21. The maximum Gasteiger partial charge on any atom is 0.251 e. The highest BCUT2D eigenvalue weighted by Crippen LogP contribution is 2.33. The van der Waals surface area contributed by atoms with Crippen LogP contribution >= 0.6 is 0 Å². The van der Waals surface area contributed by atoms with Crippen LogP contribution in [-0.4, -0.2) is 71.0 Å². The Kier molecular flexibility index (Phi) is 36.1. The largest absolute Gasteiger partial charge is 0.467 e. The van der Waals surface area contributed by atoms with Crippen molar-refractivity contribution < 1.29 is 28.4 Å². The van der Waals surface area contributed by atoms with Crippen LogP contribution in [-0.2, 0) is 26.2 Å². The summed E-state index contributed by atoms with van der Waals surface area (Å²) in [5.41, 5.74) is 23.7. The Morgan fingerprint density at radius 1 is 0.265 bits per heavy atom. The molecule has 20 rings (SSSR count). The lowest BCUT2D eigenvalue weighted by molar-refractivity contribution is 0.0936. The number of hydrogen-bond acceptors (Lipinski definition) is 18. The molecule has 1 fully saturated rings. The van der Waals surface area contributed by atoms with Gasteiger partial charge in [-0.2, -0.15) is 0 Å². The lowest BCUT2D eigenvalue weighted by atomic mass is 9.89. The molecule has 5 amide bonds. The second-order valence-corrected chi connectivity index (χ2v) is 35.0. The van der Waals surface area contributed by atoms with Crippen molar-refractivity contribution in [1.29, 1.82) is 0 Å². The van der Waals surface area contributed by atoms with Crippen molar-refractivity contribution in [2.24, 2.45) is 5.92 Å². The fourth-order valence-electron chi connectivity index (χ4n) is 16.4. The molecule has 0 saturated heterocycles. The third kappa shape index (κ3) is 30.8. The zero-order chi connectivity index (χ0) is 101. The molecule has 23 heteroatoms. The maximum absolute atomic E-state index is 12.8. The van der Waals surface area contributed by atoms with E-state index >= 15 is 0 Å². The number of nitrogens with one attached hydrogen (secondary N) is 10. The molecule has 10 N–H and O–H groups in total. The van der Waals surface area contributed by atoms with E-state index in [2.05, 4.69) is 88.1 Å². The van der Waals surface area contributed by atoms with E-state index in [1.165, 1.54) is 32.1 Å². The third-order valence-corrected chi connectivity index (χ3v) is 24.3. The van der Waals surface area contributed by atoms with E-state index < -0.39 is 0 Å². The van der Waals surface area contributed by atoms with Gasteiger partial charge in [0.15, 0.2) is 0 Å². The molecular formula is C124H113N17O6. The summed E-state index contributed by atoms with van der Waals surface area (Å²) < 4.78 is 5.25. The van der Waals surface area contributed by atoms with Crippen LogP contribution in [0, 0.1) is 26.7 Å². The highest BCUT2D eigenvalue weighted by Gasteiger charge is 2.20. The highest BCUT2D eigenvalue weighted by atomic mass is 16.3. The second-order valence-electron chi connectivity index (χ2n) is 35.0. The van der Waals surface area contributed by atoms with E-state index in [1.807, 2.05) is 397 Å². The molecule has 19 aromatic rings. The van der Waals surface area contributed by atoms with Crippen molar-refractivity contribution in [3.8, 4) is 55.6 Å². The summed E-state index contributed by atoms with van der Waals surface area (Å²) in [4.78, 5) is 93.8. The van der Waals surface area contributed by atoms with E-state index in [-0.39, 0.29) is 29.5 Å². The van der Waals surface area contributed by atoms with E-state index in [0.717, 1.165) is 159 Å². The average Bonchev–Trinajstić information content (AvgIpc) is 1.06. The number of hydrogen-bond donors (Lipinski definition) is 10. The predicted molar refractivity (Wildman–Crippen MR) is 588 cm³/mol. The minimum absolute atomic E-state index is 0.00844. The minimum atomic E-state index is -0.144. The number of rotatable bonds is 30. The molecule has 0 spiro atoms. The number of nitrogens with zero attached hydrogens (tertiary/aromatic N) is 7. The maximum atomic E-state index is 12.8. The molecule has 730 valence electrons. The van der Waals surface area contributed by atoms with Crippen LogP contribution in [0.5, 0.6) is 0 Å². The van der Waals surface area contributed by atoms with Crippen molar-refractivity contribution in [3.05, 3.63) is 511 Å². The molecular weight excluding hydrogens is 1820 g/mol. The number of carbonyl (C=O) groups excluding carboxylic acids is 5. The van der Waals surface area contributed by atoms with E-state index in [4.69, 9.17) is 4.42 Å². The Bertz CT molecular complexity index is 7060. The van der Waals surface area contributed by atoms with Gasteiger partial charge in [0.1, 0.15) is 34.8 Å². The zero-order valence-corrected chi connectivity index (χ0v) is 81.9. The van der Waals surface area contributed by atoms with Gasteiger partial charge in [-0.1, -0.05) is 213 Å². The van der Waals surface area contributed by atoms with E-state index in [9.17, 15) is 24.0 Å². The summed E-state index contributed by atoms with van der Waals surface area (Å²) in [6, 6.07) is 125. The van der Waals surface area contributed by atoms with Gasteiger partial charge in [-0.3, -0.25) is 33.9 Å². The number of aryl methyl sites for hydroxylation is 3. The zero-order valence-electron chi connectivity index (χ0n) is 81.9. The minimum Gasteiger partial charge on any atom is -0.467 e.